The summed E-state index contributed by atoms with van der Waals surface area (Å²) in [6, 6.07) is 3.40. The molecule has 3 N–H and O–H groups in total. The fourth-order valence-electron chi connectivity index (χ4n) is 2.69. The van der Waals surface area contributed by atoms with Crippen LogP contribution in [0.5, 0.6) is 0 Å². The zero-order valence-corrected chi connectivity index (χ0v) is 13.2. The molecule has 0 bridgehead atoms. The van der Waals surface area contributed by atoms with Crippen molar-refractivity contribution in [2.24, 2.45) is 0 Å². The van der Waals surface area contributed by atoms with Crippen LogP contribution < -0.4 is 11.1 Å². The number of halogens is 1. The van der Waals surface area contributed by atoms with Gasteiger partial charge in [0.25, 0.3) is 0 Å². The molecule has 0 spiro atoms. The standard InChI is InChI=1S/C15H22ClN3O2/c1-10(9-19-5-3-4-6-19)18-14-12(15(20)21-2)7-11(17)8-13(14)16/h7-8,10,18H,3-6,9,17H2,1-2H3. The second-order valence-electron chi connectivity index (χ2n) is 5.47. The van der Waals surface area contributed by atoms with E-state index in [1.54, 1.807) is 12.1 Å². The molecule has 1 aromatic carbocycles. The van der Waals surface area contributed by atoms with Crippen molar-refractivity contribution in [3.05, 3.63) is 22.7 Å². The predicted molar refractivity (Wildman–Crippen MR) is 86.0 cm³/mol. The number of anilines is 2. The Balaban J connectivity index is 2.15. The van der Waals surface area contributed by atoms with Crippen molar-refractivity contribution in [3.63, 3.8) is 0 Å². The Hall–Kier alpha value is -1.46. The molecule has 0 aromatic heterocycles. The van der Waals surface area contributed by atoms with Crippen molar-refractivity contribution >= 4 is 28.9 Å². The molecule has 1 saturated heterocycles. The quantitative estimate of drug-likeness (QED) is 0.646. The SMILES string of the molecule is COC(=O)c1cc(N)cc(Cl)c1NC(C)CN1CCCC1. The maximum Gasteiger partial charge on any atom is 0.340 e. The van der Waals surface area contributed by atoms with Gasteiger partial charge in [-0.1, -0.05) is 11.6 Å². The van der Waals surface area contributed by atoms with Gasteiger partial charge in [-0.25, -0.2) is 4.79 Å². The molecule has 21 heavy (non-hydrogen) atoms. The summed E-state index contributed by atoms with van der Waals surface area (Å²) in [6.07, 6.45) is 2.51. The molecule has 5 nitrogen and oxygen atoms in total. The molecule has 0 amide bonds. The van der Waals surface area contributed by atoms with Crippen LogP contribution in [-0.2, 0) is 4.74 Å². The molecule has 1 unspecified atom stereocenters. The van der Waals surface area contributed by atoms with E-state index in [0.717, 1.165) is 19.6 Å². The van der Waals surface area contributed by atoms with E-state index in [1.807, 2.05) is 0 Å². The zero-order valence-electron chi connectivity index (χ0n) is 12.5. The number of nitrogen functional groups attached to an aromatic ring is 1. The van der Waals surface area contributed by atoms with Gasteiger partial charge >= 0.3 is 5.97 Å². The number of rotatable bonds is 5. The number of nitrogens with two attached hydrogens (primary N) is 1. The van der Waals surface area contributed by atoms with E-state index in [-0.39, 0.29) is 6.04 Å². The summed E-state index contributed by atoms with van der Waals surface area (Å²) in [5, 5.41) is 3.75. The van der Waals surface area contributed by atoms with Gasteiger partial charge in [-0.3, -0.25) is 0 Å². The molecule has 1 heterocycles. The Morgan fingerprint density at radius 1 is 1.48 bits per heavy atom. The van der Waals surface area contributed by atoms with Crippen LogP contribution in [0, 0.1) is 0 Å². The van der Waals surface area contributed by atoms with Crippen molar-refractivity contribution in [2.75, 3.05) is 37.8 Å². The fraction of sp³-hybridized carbons (Fsp3) is 0.533. The number of likely N-dealkylation sites (tertiary alicyclic amines) is 1. The maximum absolute atomic E-state index is 11.9. The molecule has 0 saturated carbocycles. The summed E-state index contributed by atoms with van der Waals surface area (Å²) in [5.41, 5.74) is 7.16. The minimum absolute atomic E-state index is 0.174. The second kappa shape index (κ2) is 7.00. The first-order valence-corrected chi connectivity index (χ1v) is 7.55. The number of esters is 1. The molecule has 1 aromatic rings. The van der Waals surface area contributed by atoms with E-state index in [9.17, 15) is 4.79 Å². The molecular formula is C15H22ClN3O2. The number of nitrogens with zero attached hydrogens (tertiary/aromatic N) is 1. The van der Waals surface area contributed by atoms with Gasteiger partial charge in [0.2, 0.25) is 0 Å². The van der Waals surface area contributed by atoms with Gasteiger partial charge in [0.1, 0.15) is 0 Å². The van der Waals surface area contributed by atoms with Gasteiger partial charge < -0.3 is 20.7 Å². The number of ether oxygens (including phenoxy) is 1. The van der Waals surface area contributed by atoms with Crippen LogP contribution in [0.1, 0.15) is 30.1 Å². The van der Waals surface area contributed by atoms with Crippen LogP contribution in [0.2, 0.25) is 5.02 Å². The lowest BCUT2D eigenvalue weighted by molar-refractivity contribution is 0.0602. The molecule has 116 valence electrons. The van der Waals surface area contributed by atoms with Crippen LogP contribution in [0.4, 0.5) is 11.4 Å². The van der Waals surface area contributed by atoms with E-state index in [4.69, 9.17) is 22.1 Å². The summed E-state index contributed by atoms with van der Waals surface area (Å²) in [7, 11) is 1.34. The van der Waals surface area contributed by atoms with Crippen molar-refractivity contribution in [3.8, 4) is 0 Å². The minimum atomic E-state index is -0.444. The number of hydrogen-bond donors (Lipinski definition) is 2. The van der Waals surface area contributed by atoms with Crippen molar-refractivity contribution in [1.29, 1.82) is 0 Å². The fourth-order valence-corrected chi connectivity index (χ4v) is 2.97. The summed E-state index contributed by atoms with van der Waals surface area (Å²) in [6.45, 7) is 5.25. The molecular weight excluding hydrogens is 290 g/mol. The maximum atomic E-state index is 11.9. The molecule has 0 radical (unpaired) electrons. The zero-order chi connectivity index (χ0) is 15.4. The first-order valence-electron chi connectivity index (χ1n) is 7.17. The Bertz CT molecular complexity index is 516. The average molecular weight is 312 g/mol. The Morgan fingerprint density at radius 3 is 2.76 bits per heavy atom. The van der Waals surface area contributed by atoms with Crippen LogP contribution in [0.25, 0.3) is 0 Å². The van der Waals surface area contributed by atoms with Gasteiger partial charge in [0.05, 0.1) is 23.4 Å². The Kier molecular flexibility index (Phi) is 5.31. The molecule has 2 rings (SSSR count). The van der Waals surface area contributed by atoms with Crippen LogP contribution >= 0.6 is 11.6 Å². The van der Waals surface area contributed by atoms with Crippen molar-refractivity contribution in [2.45, 2.75) is 25.8 Å². The Morgan fingerprint density at radius 2 is 2.14 bits per heavy atom. The lowest BCUT2D eigenvalue weighted by atomic mass is 10.1. The third-order valence-electron chi connectivity index (χ3n) is 3.64. The topological polar surface area (TPSA) is 67.6 Å². The third kappa shape index (κ3) is 4.02. The summed E-state index contributed by atoms with van der Waals surface area (Å²) in [4.78, 5) is 14.3. The number of hydrogen-bond acceptors (Lipinski definition) is 5. The number of nitrogens with one attached hydrogen (secondary N) is 1. The second-order valence-corrected chi connectivity index (χ2v) is 5.88. The molecule has 1 fully saturated rings. The summed E-state index contributed by atoms with van der Waals surface area (Å²) < 4.78 is 4.80. The average Bonchev–Trinajstić information content (AvgIpc) is 2.93. The number of carbonyl (C=O) groups excluding carboxylic acids is 1. The van der Waals surface area contributed by atoms with Gasteiger partial charge in [0, 0.05) is 18.3 Å². The lowest BCUT2D eigenvalue weighted by Gasteiger charge is -2.23. The largest absolute Gasteiger partial charge is 0.465 e. The van der Waals surface area contributed by atoms with E-state index >= 15 is 0 Å². The first-order chi connectivity index (χ1) is 10.0. The minimum Gasteiger partial charge on any atom is -0.465 e. The van der Waals surface area contributed by atoms with E-state index in [0.29, 0.717) is 22.0 Å². The molecule has 1 aliphatic heterocycles. The molecule has 6 heteroatoms. The van der Waals surface area contributed by atoms with Crippen LogP contribution in [-0.4, -0.2) is 43.7 Å². The normalized spacial score (nSPS) is 16.7. The highest BCUT2D eigenvalue weighted by Crippen LogP contribution is 2.30. The highest BCUT2D eigenvalue weighted by molar-refractivity contribution is 6.34. The monoisotopic (exact) mass is 311 g/mol. The predicted octanol–water partition coefficient (Wildman–Crippen LogP) is 2.61. The molecule has 1 aliphatic rings. The van der Waals surface area contributed by atoms with Crippen molar-refractivity contribution < 1.29 is 9.53 Å². The smallest absolute Gasteiger partial charge is 0.340 e. The highest BCUT2D eigenvalue weighted by atomic mass is 35.5. The van der Waals surface area contributed by atoms with Gasteiger partial charge in [-0.15, -0.1) is 0 Å². The number of carbonyl (C=O) groups is 1. The summed E-state index contributed by atoms with van der Waals surface area (Å²) >= 11 is 6.23. The van der Waals surface area contributed by atoms with E-state index < -0.39 is 5.97 Å². The van der Waals surface area contributed by atoms with E-state index in [1.165, 1.54) is 20.0 Å². The number of benzene rings is 1. The van der Waals surface area contributed by atoms with Gasteiger partial charge in [-0.05, 0) is 45.0 Å². The lowest BCUT2D eigenvalue weighted by Crippen LogP contribution is -2.33. The van der Waals surface area contributed by atoms with Crippen molar-refractivity contribution in [1.82, 2.24) is 4.90 Å². The summed E-state index contributed by atoms with van der Waals surface area (Å²) in [5.74, 6) is -0.444. The van der Waals surface area contributed by atoms with Gasteiger partial charge in [-0.2, -0.15) is 0 Å². The highest BCUT2D eigenvalue weighted by Gasteiger charge is 2.20. The first kappa shape index (κ1) is 15.9. The molecule has 1 atom stereocenters. The molecule has 0 aliphatic carbocycles. The van der Waals surface area contributed by atoms with Gasteiger partial charge in [0.15, 0.2) is 0 Å². The van der Waals surface area contributed by atoms with E-state index in [2.05, 4.69) is 17.1 Å². The van der Waals surface area contributed by atoms with Crippen LogP contribution in [0.3, 0.4) is 0 Å². The third-order valence-corrected chi connectivity index (χ3v) is 3.94. The Labute approximate surface area is 130 Å². The number of methoxy groups -OCH3 is 1. The van der Waals surface area contributed by atoms with Crippen LogP contribution in [0.15, 0.2) is 12.1 Å².